The number of benzene rings is 5. The van der Waals surface area contributed by atoms with E-state index in [9.17, 15) is 31.9 Å². The van der Waals surface area contributed by atoms with Crippen LogP contribution >= 0.6 is 0 Å². The Morgan fingerprint density at radius 2 is 1.33 bits per heavy atom. The molecule has 11 heteroatoms. The number of nitrogens with zero attached hydrogens (tertiary/aromatic N) is 1. The van der Waals surface area contributed by atoms with Gasteiger partial charge in [-0.05, 0) is 52.6 Å². The highest BCUT2D eigenvalue weighted by Crippen LogP contribution is 2.42. The molecule has 1 amide bonds. The summed E-state index contributed by atoms with van der Waals surface area (Å²) in [4.78, 5) is 14.7. The molecule has 1 fully saturated rings. The summed E-state index contributed by atoms with van der Waals surface area (Å²) in [6, 6.07) is 32.4. The van der Waals surface area contributed by atoms with Gasteiger partial charge in [0.1, 0.15) is 5.56 Å². The Hall–Kier alpha value is -4.94. The molecule has 0 aromatic heterocycles. The fourth-order valence-corrected chi connectivity index (χ4v) is 6.40. The third-order valence-corrected chi connectivity index (χ3v) is 9.22. The maximum atomic E-state index is 14.2. The SMILES string of the molecule is C[C@H]1[C@@H](CN(C)Cc2ccccc2)O[C@@H](c2cccc(-c3cccc(CNC(=O)c4c(F)c(F)c(F)c(F)c4F)c3)c2)O[C@H]1c1ccc(CO)cc1. The van der Waals surface area contributed by atoms with E-state index in [0.717, 1.165) is 34.4 Å². The highest BCUT2D eigenvalue weighted by atomic mass is 19.2. The summed E-state index contributed by atoms with van der Waals surface area (Å²) in [7, 11) is 2.05. The summed E-state index contributed by atoms with van der Waals surface area (Å²) in [5, 5.41) is 11.8. The van der Waals surface area contributed by atoms with Gasteiger partial charge in [-0.25, -0.2) is 22.0 Å². The number of rotatable bonds is 11. The van der Waals surface area contributed by atoms with Gasteiger partial charge in [-0.3, -0.25) is 9.69 Å². The summed E-state index contributed by atoms with van der Waals surface area (Å²) in [6.45, 7) is 3.18. The van der Waals surface area contributed by atoms with Crippen molar-refractivity contribution in [3.63, 3.8) is 0 Å². The first-order valence-corrected chi connectivity index (χ1v) is 16.8. The molecule has 0 saturated carbocycles. The predicted octanol–water partition coefficient (Wildman–Crippen LogP) is 8.39. The van der Waals surface area contributed by atoms with Crippen molar-refractivity contribution in [3.8, 4) is 11.1 Å². The van der Waals surface area contributed by atoms with Crippen LogP contribution in [0.5, 0.6) is 0 Å². The Morgan fingerprint density at radius 1 is 0.712 bits per heavy atom. The fourth-order valence-electron chi connectivity index (χ4n) is 6.40. The Bertz CT molecular complexity index is 2000. The number of carbonyl (C=O) groups excluding carboxylic acids is 1. The number of ether oxygens (including phenoxy) is 2. The average Bonchev–Trinajstić information content (AvgIpc) is 3.17. The van der Waals surface area contributed by atoms with Crippen LogP contribution in [-0.2, 0) is 29.2 Å². The number of hydrogen-bond acceptors (Lipinski definition) is 5. The topological polar surface area (TPSA) is 71.0 Å². The van der Waals surface area contributed by atoms with Crippen LogP contribution in [0.1, 0.15) is 57.5 Å². The van der Waals surface area contributed by atoms with Crippen molar-refractivity contribution in [2.75, 3.05) is 13.6 Å². The molecule has 5 aromatic rings. The van der Waals surface area contributed by atoms with Gasteiger partial charge in [-0.1, -0.05) is 97.9 Å². The molecule has 1 aliphatic rings. The molecule has 0 bridgehead atoms. The van der Waals surface area contributed by atoms with Crippen molar-refractivity contribution < 1.29 is 41.3 Å². The quantitative estimate of drug-likeness (QED) is 0.0817. The molecule has 6 rings (SSSR count). The second-order valence-corrected chi connectivity index (χ2v) is 13.0. The van der Waals surface area contributed by atoms with Crippen LogP contribution in [0.4, 0.5) is 22.0 Å². The molecule has 1 heterocycles. The van der Waals surface area contributed by atoms with E-state index in [1.165, 1.54) is 5.56 Å². The van der Waals surface area contributed by atoms with E-state index in [-0.39, 0.29) is 31.3 Å². The molecule has 5 aromatic carbocycles. The number of likely N-dealkylation sites (N-methyl/N-ethyl adjacent to an activating group) is 1. The zero-order valence-corrected chi connectivity index (χ0v) is 28.5. The van der Waals surface area contributed by atoms with Crippen molar-refractivity contribution in [2.24, 2.45) is 5.92 Å². The maximum Gasteiger partial charge on any atom is 0.257 e. The van der Waals surface area contributed by atoms with Crippen molar-refractivity contribution in [3.05, 3.63) is 166 Å². The Balaban J connectivity index is 1.22. The highest BCUT2D eigenvalue weighted by molar-refractivity contribution is 5.94. The maximum absolute atomic E-state index is 14.2. The first-order valence-electron chi connectivity index (χ1n) is 16.8. The fraction of sp³-hybridized carbons (Fsp3) is 0.244. The van der Waals surface area contributed by atoms with Crippen LogP contribution in [0.25, 0.3) is 11.1 Å². The van der Waals surface area contributed by atoms with Crippen LogP contribution < -0.4 is 5.32 Å². The van der Waals surface area contributed by atoms with Crippen molar-refractivity contribution in [2.45, 2.75) is 45.1 Å². The summed E-state index contributed by atoms with van der Waals surface area (Å²) < 4.78 is 82.5. The number of carbonyl (C=O) groups is 1. The molecule has 4 atom stereocenters. The molecule has 2 N–H and O–H groups in total. The van der Waals surface area contributed by atoms with Gasteiger partial charge in [0.2, 0.25) is 5.82 Å². The molecule has 0 aliphatic carbocycles. The third kappa shape index (κ3) is 8.08. The summed E-state index contributed by atoms with van der Waals surface area (Å²) in [5.41, 5.74) is 4.21. The van der Waals surface area contributed by atoms with E-state index in [4.69, 9.17) is 9.47 Å². The lowest BCUT2D eigenvalue weighted by Crippen LogP contribution is -2.43. The van der Waals surface area contributed by atoms with Crippen molar-refractivity contribution >= 4 is 5.91 Å². The molecule has 1 saturated heterocycles. The molecule has 0 spiro atoms. The monoisotopic (exact) mass is 716 g/mol. The molecule has 0 radical (unpaired) electrons. The van der Waals surface area contributed by atoms with Crippen LogP contribution in [0.15, 0.2) is 103 Å². The minimum absolute atomic E-state index is 0.0191. The third-order valence-electron chi connectivity index (χ3n) is 9.22. The first kappa shape index (κ1) is 36.8. The van der Waals surface area contributed by atoms with E-state index >= 15 is 0 Å². The van der Waals surface area contributed by atoms with E-state index in [0.29, 0.717) is 12.1 Å². The van der Waals surface area contributed by atoms with Crippen molar-refractivity contribution in [1.29, 1.82) is 0 Å². The van der Waals surface area contributed by atoms with Gasteiger partial charge in [0, 0.05) is 31.1 Å². The van der Waals surface area contributed by atoms with Gasteiger partial charge < -0.3 is 19.9 Å². The van der Waals surface area contributed by atoms with Gasteiger partial charge in [0.25, 0.3) is 5.91 Å². The van der Waals surface area contributed by atoms with Gasteiger partial charge >= 0.3 is 0 Å². The number of hydrogen-bond donors (Lipinski definition) is 2. The van der Waals surface area contributed by atoms with E-state index in [1.807, 2.05) is 72.8 Å². The van der Waals surface area contributed by atoms with Crippen LogP contribution in [0.3, 0.4) is 0 Å². The zero-order valence-electron chi connectivity index (χ0n) is 28.5. The molecule has 0 unspecified atom stereocenters. The van der Waals surface area contributed by atoms with E-state index in [2.05, 4.69) is 36.3 Å². The number of halogens is 5. The van der Waals surface area contributed by atoms with E-state index < -0.39 is 46.8 Å². The molecule has 52 heavy (non-hydrogen) atoms. The second-order valence-electron chi connectivity index (χ2n) is 13.0. The number of aliphatic hydroxyl groups excluding tert-OH is 1. The number of aliphatic hydroxyl groups is 1. The van der Waals surface area contributed by atoms with Gasteiger partial charge in [0.15, 0.2) is 29.6 Å². The standard InChI is InChI=1S/C41H37F5N2O4/c1-24-32(22-48(2)21-25-8-4-3-5-9-25)51-41(52-39(24)28-16-14-26(23-49)15-17-28)31-13-7-12-30(19-31)29-11-6-10-27(18-29)20-47-40(50)33-34(42)36(44)38(46)37(45)35(33)43/h3-19,24,32,39,41,49H,20-23H2,1-2H3,(H,47,50)/t24-,32+,39+,41+/m0/s1. The number of amides is 1. The van der Waals surface area contributed by atoms with E-state index in [1.54, 1.807) is 18.2 Å². The lowest BCUT2D eigenvalue weighted by molar-refractivity contribution is -0.276. The lowest BCUT2D eigenvalue weighted by Gasteiger charge is -2.42. The summed E-state index contributed by atoms with van der Waals surface area (Å²) >= 11 is 0. The lowest BCUT2D eigenvalue weighted by atomic mass is 9.90. The largest absolute Gasteiger partial charge is 0.392 e. The Labute approximate surface area is 298 Å². The molecule has 6 nitrogen and oxygen atoms in total. The van der Waals surface area contributed by atoms with Gasteiger partial charge in [0.05, 0.1) is 18.8 Å². The minimum Gasteiger partial charge on any atom is -0.392 e. The Kier molecular flexibility index (Phi) is 11.5. The molecular formula is C41H37F5N2O4. The van der Waals surface area contributed by atoms with Gasteiger partial charge in [-0.15, -0.1) is 0 Å². The average molecular weight is 717 g/mol. The molecule has 270 valence electrons. The second kappa shape index (κ2) is 16.2. The smallest absolute Gasteiger partial charge is 0.257 e. The first-order chi connectivity index (χ1) is 25.0. The van der Waals surface area contributed by atoms with Gasteiger partial charge in [-0.2, -0.15) is 0 Å². The molecular weight excluding hydrogens is 679 g/mol. The normalized spacial score (nSPS) is 18.8. The van der Waals surface area contributed by atoms with Crippen LogP contribution in [0, 0.1) is 35.0 Å². The number of nitrogens with one attached hydrogen (secondary N) is 1. The summed E-state index contributed by atoms with van der Waals surface area (Å²) in [6.07, 6.45) is -1.24. The van der Waals surface area contributed by atoms with Crippen LogP contribution in [0.2, 0.25) is 0 Å². The van der Waals surface area contributed by atoms with Crippen molar-refractivity contribution in [1.82, 2.24) is 10.2 Å². The highest BCUT2D eigenvalue weighted by Gasteiger charge is 2.39. The zero-order chi connectivity index (χ0) is 36.9. The molecule has 1 aliphatic heterocycles. The predicted molar refractivity (Wildman–Crippen MR) is 185 cm³/mol. The Morgan fingerprint density at radius 3 is 2.00 bits per heavy atom. The summed E-state index contributed by atoms with van der Waals surface area (Å²) in [5.74, 6) is -12.6. The van der Waals surface area contributed by atoms with Crippen LogP contribution in [-0.4, -0.2) is 35.6 Å². The minimum atomic E-state index is -2.34.